The molecule has 12 nitrogen and oxygen atoms in total. The molecule has 0 unspecified atom stereocenters. The number of alkyl halides is 1. The van der Waals surface area contributed by atoms with Crippen molar-refractivity contribution in [1.82, 2.24) is 15.6 Å². The average Bonchev–Trinajstić information content (AvgIpc) is 3.22. The summed E-state index contributed by atoms with van der Waals surface area (Å²) in [6.07, 6.45) is 2.64. The van der Waals surface area contributed by atoms with Crippen molar-refractivity contribution in [1.29, 1.82) is 0 Å². The zero-order valence-corrected chi connectivity index (χ0v) is 32.4. The number of carbonyl (C=O) groups is 4. The number of ketones is 2. The van der Waals surface area contributed by atoms with Gasteiger partial charge in [-0.2, -0.15) is 4.39 Å². The molecule has 0 fully saturated rings. The normalized spacial score (nSPS) is 11.9. The fraction of sp³-hybridized carbons (Fsp3) is 0.357. The SMILES string of the molecule is NCCCCC[C@H](NC(=O)c1cc(NCCCC[C@H](NC(=O)c2cccc(F)n2)C(=O)COc2c(F)cccc2F)cc(OCCF)c1)C(=O)COc1c(F)cccc1F. The van der Waals surface area contributed by atoms with Crippen LogP contribution in [-0.4, -0.2) is 80.0 Å². The summed E-state index contributed by atoms with van der Waals surface area (Å²) in [4.78, 5) is 56.4. The lowest BCUT2D eigenvalue weighted by Gasteiger charge is -2.19. The molecule has 3 aromatic carbocycles. The predicted octanol–water partition coefficient (Wildman–Crippen LogP) is 6.42. The predicted molar refractivity (Wildman–Crippen MR) is 208 cm³/mol. The van der Waals surface area contributed by atoms with E-state index in [1.54, 1.807) is 0 Å². The number of halogens is 6. The molecule has 18 heteroatoms. The molecule has 0 spiro atoms. The van der Waals surface area contributed by atoms with Crippen molar-refractivity contribution in [2.75, 3.05) is 44.9 Å². The first kappa shape index (κ1) is 46.5. The molecule has 0 saturated carbocycles. The number of aromatic nitrogens is 1. The van der Waals surface area contributed by atoms with Crippen LogP contribution < -0.4 is 35.9 Å². The third kappa shape index (κ3) is 14.6. The van der Waals surface area contributed by atoms with Gasteiger partial charge in [-0.3, -0.25) is 19.2 Å². The molecule has 0 aliphatic carbocycles. The molecule has 4 rings (SSSR count). The van der Waals surface area contributed by atoms with E-state index in [1.807, 2.05) is 0 Å². The monoisotopic (exact) mass is 845 g/mol. The van der Waals surface area contributed by atoms with E-state index >= 15 is 0 Å². The van der Waals surface area contributed by atoms with Crippen LogP contribution >= 0.6 is 0 Å². The van der Waals surface area contributed by atoms with E-state index < -0.39 is 96.1 Å². The van der Waals surface area contributed by atoms with Crippen molar-refractivity contribution in [3.63, 3.8) is 0 Å². The van der Waals surface area contributed by atoms with Gasteiger partial charge in [-0.05, 0) is 87.2 Å². The maximum absolute atomic E-state index is 14.1. The van der Waals surface area contributed by atoms with Gasteiger partial charge in [0.05, 0.1) is 12.1 Å². The highest BCUT2D eigenvalue weighted by Crippen LogP contribution is 2.24. The summed E-state index contributed by atoms with van der Waals surface area (Å²) in [5.41, 5.74) is 5.67. The maximum Gasteiger partial charge on any atom is 0.270 e. The van der Waals surface area contributed by atoms with Gasteiger partial charge < -0.3 is 35.9 Å². The van der Waals surface area contributed by atoms with Gasteiger partial charge in [0.25, 0.3) is 11.8 Å². The molecule has 60 heavy (non-hydrogen) atoms. The summed E-state index contributed by atoms with van der Waals surface area (Å²) in [5, 5.41) is 8.24. The average molecular weight is 846 g/mol. The Labute approximate surface area is 342 Å². The molecule has 1 heterocycles. The Morgan fingerprint density at radius 2 is 1.20 bits per heavy atom. The Balaban J connectivity index is 1.42. The minimum Gasteiger partial charge on any atom is -0.491 e. The van der Waals surface area contributed by atoms with Crippen molar-refractivity contribution in [2.24, 2.45) is 5.73 Å². The first-order chi connectivity index (χ1) is 28.9. The Morgan fingerprint density at radius 1 is 0.650 bits per heavy atom. The number of nitrogens with two attached hydrogens (primary N) is 1. The van der Waals surface area contributed by atoms with Crippen LogP contribution in [0.1, 0.15) is 65.8 Å². The highest BCUT2D eigenvalue weighted by molar-refractivity contribution is 5.99. The number of unbranched alkanes of at least 4 members (excludes halogenated alkanes) is 3. The highest BCUT2D eigenvalue weighted by atomic mass is 19.2. The summed E-state index contributed by atoms with van der Waals surface area (Å²) in [6.45, 7) is -2.03. The zero-order chi connectivity index (χ0) is 43.4. The Bertz CT molecular complexity index is 2040. The first-order valence-electron chi connectivity index (χ1n) is 19.1. The standard InChI is InChI=1S/C42H45F6N5O7/c43-17-20-58-28-22-26(41(56)52-33(13-2-1-4-18-49)36(54)24-59-39-29(44)9-6-10-30(39)45)21-27(23-28)50-19-5-3-14-34(53-42(57)35-15-8-16-38(48)51-35)37(55)25-60-40-31(46)11-7-12-32(40)47/h6-12,15-16,21-23,33-34,50H,1-5,13-14,17-20,24-25,49H2,(H,52,56)(H,53,57)/t33-,34-/m0/s1. The number of nitrogens with one attached hydrogen (secondary N) is 3. The van der Waals surface area contributed by atoms with E-state index in [9.17, 15) is 45.5 Å². The Kier molecular flexibility index (Phi) is 18.6. The number of benzene rings is 3. The fourth-order valence-electron chi connectivity index (χ4n) is 5.81. The summed E-state index contributed by atoms with van der Waals surface area (Å²) in [5.74, 6) is -9.33. The van der Waals surface area contributed by atoms with Crippen LogP contribution in [0.5, 0.6) is 17.2 Å². The van der Waals surface area contributed by atoms with E-state index in [-0.39, 0.29) is 49.4 Å². The van der Waals surface area contributed by atoms with Crippen molar-refractivity contribution < 1.29 is 59.7 Å². The minimum absolute atomic E-state index is 0.0198. The van der Waals surface area contributed by atoms with Gasteiger partial charge in [-0.15, -0.1) is 0 Å². The number of rotatable bonds is 26. The number of carbonyl (C=O) groups excluding carboxylic acids is 4. The number of anilines is 1. The van der Waals surface area contributed by atoms with E-state index in [0.29, 0.717) is 37.9 Å². The molecular formula is C42H45F6N5O7. The Morgan fingerprint density at radius 3 is 1.75 bits per heavy atom. The van der Waals surface area contributed by atoms with Gasteiger partial charge in [0.15, 0.2) is 46.3 Å². The fourth-order valence-corrected chi connectivity index (χ4v) is 5.81. The smallest absolute Gasteiger partial charge is 0.270 e. The van der Waals surface area contributed by atoms with Crippen LogP contribution in [0.25, 0.3) is 0 Å². The summed E-state index contributed by atoms with van der Waals surface area (Å²) in [6, 6.07) is 11.6. The number of Topliss-reactive ketones (excluding diaryl/α,β-unsaturated/α-hetero) is 2. The van der Waals surface area contributed by atoms with Gasteiger partial charge in [0.2, 0.25) is 5.95 Å². The lowest BCUT2D eigenvalue weighted by Crippen LogP contribution is -2.43. The molecule has 322 valence electrons. The zero-order valence-electron chi connectivity index (χ0n) is 32.4. The second kappa shape index (κ2) is 24.0. The third-order valence-corrected chi connectivity index (χ3v) is 8.85. The van der Waals surface area contributed by atoms with Crippen molar-refractivity contribution >= 4 is 29.1 Å². The van der Waals surface area contributed by atoms with Crippen LogP contribution in [0.4, 0.5) is 32.0 Å². The molecule has 0 aliphatic heterocycles. The molecule has 2 amide bonds. The number of para-hydroxylation sites is 2. The van der Waals surface area contributed by atoms with E-state index in [0.717, 1.165) is 42.5 Å². The van der Waals surface area contributed by atoms with Gasteiger partial charge in [-0.1, -0.05) is 31.0 Å². The molecular weight excluding hydrogens is 800 g/mol. The Hall–Kier alpha value is -6.17. The number of ether oxygens (including phenoxy) is 3. The lowest BCUT2D eigenvalue weighted by atomic mass is 10.0. The van der Waals surface area contributed by atoms with E-state index in [4.69, 9.17) is 19.9 Å². The summed E-state index contributed by atoms with van der Waals surface area (Å²) < 4.78 is 99.0. The number of pyridine rings is 1. The molecule has 0 saturated heterocycles. The van der Waals surface area contributed by atoms with Crippen molar-refractivity contribution in [2.45, 2.75) is 57.0 Å². The van der Waals surface area contributed by atoms with Gasteiger partial charge in [0.1, 0.15) is 37.9 Å². The second-order valence-electron chi connectivity index (χ2n) is 13.4. The molecule has 2 atom stereocenters. The topological polar surface area (TPSA) is 171 Å². The number of hydrogen-bond acceptors (Lipinski definition) is 10. The van der Waals surface area contributed by atoms with Crippen LogP contribution in [0, 0.1) is 29.2 Å². The van der Waals surface area contributed by atoms with Gasteiger partial charge in [-0.25, -0.2) is 26.9 Å². The number of nitrogens with zero attached hydrogens (tertiary/aromatic N) is 1. The minimum atomic E-state index is -1.23. The molecule has 1 aromatic heterocycles. The molecule has 0 aliphatic rings. The van der Waals surface area contributed by atoms with Gasteiger partial charge in [0, 0.05) is 23.9 Å². The van der Waals surface area contributed by atoms with Crippen LogP contribution in [0.2, 0.25) is 0 Å². The van der Waals surface area contributed by atoms with Crippen molar-refractivity contribution in [3.8, 4) is 17.2 Å². The number of amides is 2. The highest BCUT2D eigenvalue weighted by Gasteiger charge is 2.25. The molecule has 5 N–H and O–H groups in total. The van der Waals surface area contributed by atoms with Crippen LogP contribution in [0.3, 0.4) is 0 Å². The van der Waals surface area contributed by atoms with Crippen LogP contribution in [0.15, 0.2) is 72.8 Å². The quantitative estimate of drug-likeness (QED) is 0.0314. The van der Waals surface area contributed by atoms with Crippen molar-refractivity contribution in [3.05, 3.63) is 113 Å². The van der Waals surface area contributed by atoms with E-state index in [1.165, 1.54) is 30.3 Å². The largest absolute Gasteiger partial charge is 0.491 e. The molecule has 0 bridgehead atoms. The second-order valence-corrected chi connectivity index (χ2v) is 13.4. The molecule has 4 aromatic rings. The number of hydrogen-bond donors (Lipinski definition) is 4. The summed E-state index contributed by atoms with van der Waals surface area (Å²) >= 11 is 0. The first-order valence-corrected chi connectivity index (χ1v) is 19.1. The maximum atomic E-state index is 14.1. The third-order valence-electron chi connectivity index (χ3n) is 8.85. The van der Waals surface area contributed by atoms with Gasteiger partial charge >= 0.3 is 0 Å². The summed E-state index contributed by atoms with van der Waals surface area (Å²) in [7, 11) is 0. The van der Waals surface area contributed by atoms with Crippen LogP contribution in [-0.2, 0) is 9.59 Å². The van der Waals surface area contributed by atoms with E-state index in [2.05, 4.69) is 20.9 Å². The lowest BCUT2D eigenvalue weighted by molar-refractivity contribution is -0.123. The molecule has 0 radical (unpaired) electrons.